The van der Waals surface area contributed by atoms with Gasteiger partial charge in [-0.25, -0.2) is 4.98 Å². The molecule has 0 saturated heterocycles. The van der Waals surface area contributed by atoms with Gasteiger partial charge in [0.2, 0.25) is 5.89 Å². The lowest BCUT2D eigenvalue weighted by atomic mass is 10.1. The summed E-state index contributed by atoms with van der Waals surface area (Å²) in [7, 11) is 1.76. The number of hydrogen-bond donors (Lipinski definition) is 3. The number of guanidine groups is 1. The van der Waals surface area contributed by atoms with E-state index < -0.39 is 0 Å². The van der Waals surface area contributed by atoms with Crippen LogP contribution in [0.1, 0.15) is 28.5 Å². The zero-order valence-corrected chi connectivity index (χ0v) is 15.2. The van der Waals surface area contributed by atoms with E-state index in [1.54, 1.807) is 7.05 Å². The molecule has 3 N–H and O–H groups in total. The topological polar surface area (TPSA) is 78.2 Å². The Balaban J connectivity index is 1.52. The first-order valence-electron chi connectivity index (χ1n) is 8.51. The molecule has 0 aliphatic carbocycles. The molecule has 3 rings (SSSR count). The van der Waals surface area contributed by atoms with E-state index >= 15 is 0 Å². The van der Waals surface area contributed by atoms with Crippen molar-refractivity contribution in [2.75, 3.05) is 13.6 Å². The number of aryl methyl sites for hydroxylation is 3. The summed E-state index contributed by atoms with van der Waals surface area (Å²) in [5.41, 5.74) is 4.68. The molecule has 3 aromatic rings. The van der Waals surface area contributed by atoms with E-state index in [4.69, 9.17) is 4.42 Å². The molecular weight excluding hydrogens is 314 g/mol. The van der Waals surface area contributed by atoms with Gasteiger partial charge in [-0.05, 0) is 44.4 Å². The Morgan fingerprint density at radius 2 is 2.08 bits per heavy atom. The molecule has 2 aromatic heterocycles. The molecule has 0 saturated carbocycles. The van der Waals surface area contributed by atoms with Gasteiger partial charge < -0.3 is 20.0 Å². The Kier molecular flexibility index (Phi) is 5.07. The van der Waals surface area contributed by atoms with Crippen LogP contribution in [0.2, 0.25) is 0 Å². The molecule has 0 amide bonds. The van der Waals surface area contributed by atoms with Gasteiger partial charge in [-0.2, -0.15) is 0 Å². The average Bonchev–Trinajstić information content (AvgIpc) is 3.13. The van der Waals surface area contributed by atoms with E-state index in [-0.39, 0.29) is 0 Å². The summed E-state index contributed by atoms with van der Waals surface area (Å²) in [6.45, 7) is 7.28. The summed E-state index contributed by atoms with van der Waals surface area (Å²) in [5, 5.41) is 7.84. The number of oxazole rings is 1. The van der Waals surface area contributed by atoms with Gasteiger partial charge in [-0.1, -0.05) is 12.1 Å². The molecule has 0 fully saturated rings. The lowest BCUT2D eigenvalue weighted by Crippen LogP contribution is -2.37. The van der Waals surface area contributed by atoms with Crippen LogP contribution in [-0.4, -0.2) is 29.5 Å². The summed E-state index contributed by atoms with van der Waals surface area (Å²) >= 11 is 0. The molecule has 0 radical (unpaired) electrons. The molecule has 0 aliphatic heterocycles. The molecule has 2 heterocycles. The van der Waals surface area contributed by atoms with Crippen molar-refractivity contribution < 1.29 is 4.42 Å². The van der Waals surface area contributed by atoms with Crippen LogP contribution in [0.15, 0.2) is 33.8 Å². The third-order valence-electron chi connectivity index (χ3n) is 4.31. The number of nitrogens with one attached hydrogen (secondary N) is 3. The van der Waals surface area contributed by atoms with Gasteiger partial charge >= 0.3 is 0 Å². The standard InChI is InChI=1S/C19H25N5O/c1-12-5-6-16-15(10-22-17(16)9-12)7-8-21-19(20-4)23-11-18-24-13(2)14(3)25-18/h5-6,9-10,22H,7-8,11H2,1-4H3,(H2,20,21,23). The van der Waals surface area contributed by atoms with Gasteiger partial charge in [0, 0.05) is 30.7 Å². The molecule has 6 heteroatoms. The fourth-order valence-corrected chi connectivity index (χ4v) is 2.82. The number of aromatic amines is 1. The van der Waals surface area contributed by atoms with Crippen LogP contribution < -0.4 is 10.6 Å². The third kappa shape index (κ3) is 4.02. The second-order valence-corrected chi connectivity index (χ2v) is 6.21. The number of aromatic nitrogens is 2. The first-order chi connectivity index (χ1) is 12.1. The Hall–Kier alpha value is -2.76. The van der Waals surface area contributed by atoms with Crippen LogP contribution in [-0.2, 0) is 13.0 Å². The molecular formula is C19H25N5O. The Labute approximate surface area is 147 Å². The molecule has 0 unspecified atom stereocenters. The molecule has 0 atom stereocenters. The highest BCUT2D eigenvalue weighted by atomic mass is 16.4. The van der Waals surface area contributed by atoms with Gasteiger partial charge in [0.25, 0.3) is 0 Å². The van der Waals surface area contributed by atoms with Crippen LogP contribution in [0.4, 0.5) is 0 Å². The third-order valence-corrected chi connectivity index (χ3v) is 4.31. The molecule has 25 heavy (non-hydrogen) atoms. The van der Waals surface area contributed by atoms with Crippen molar-refractivity contribution >= 4 is 16.9 Å². The van der Waals surface area contributed by atoms with Crippen molar-refractivity contribution in [3.05, 3.63) is 52.9 Å². The number of rotatable bonds is 5. The number of H-pyrrole nitrogens is 1. The largest absolute Gasteiger partial charge is 0.444 e. The fourth-order valence-electron chi connectivity index (χ4n) is 2.82. The predicted molar refractivity (Wildman–Crippen MR) is 101 cm³/mol. The van der Waals surface area contributed by atoms with Gasteiger partial charge in [0.15, 0.2) is 5.96 Å². The number of benzene rings is 1. The Morgan fingerprint density at radius 3 is 2.80 bits per heavy atom. The highest BCUT2D eigenvalue weighted by molar-refractivity contribution is 5.84. The first kappa shape index (κ1) is 17.1. The lowest BCUT2D eigenvalue weighted by molar-refractivity contribution is 0.464. The second kappa shape index (κ2) is 7.42. The molecule has 0 aliphatic rings. The number of fused-ring (bicyclic) bond motifs is 1. The van der Waals surface area contributed by atoms with E-state index in [2.05, 4.69) is 56.9 Å². The summed E-state index contributed by atoms with van der Waals surface area (Å²) in [5.74, 6) is 2.27. The molecule has 1 aromatic carbocycles. The van der Waals surface area contributed by atoms with Gasteiger partial charge in [-0.3, -0.25) is 4.99 Å². The molecule has 132 valence electrons. The first-order valence-corrected chi connectivity index (χ1v) is 8.51. The summed E-state index contributed by atoms with van der Waals surface area (Å²) in [4.78, 5) is 11.9. The maximum Gasteiger partial charge on any atom is 0.214 e. The quantitative estimate of drug-likeness (QED) is 0.493. The minimum Gasteiger partial charge on any atom is -0.444 e. The molecule has 0 spiro atoms. The molecule has 0 bridgehead atoms. The van der Waals surface area contributed by atoms with E-state index in [1.807, 2.05) is 13.8 Å². The number of nitrogens with zero attached hydrogens (tertiary/aromatic N) is 2. The van der Waals surface area contributed by atoms with E-state index in [1.165, 1.54) is 22.0 Å². The normalized spacial score (nSPS) is 11.9. The smallest absolute Gasteiger partial charge is 0.214 e. The predicted octanol–water partition coefficient (Wildman–Crippen LogP) is 2.99. The minimum atomic E-state index is 0.515. The van der Waals surface area contributed by atoms with Crippen LogP contribution in [0.25, 0.3) is 10.9 Å². The Morgan fingerprint density at radius 1 is 1.24 bits per heavy atom. The average molecular weight is 339 g/mol. The van der Waals surface area contributed by atoms with Gasteiger partial charge in [0.1, 0.15) is 5.76 Å². The van der Waals surface area contributed by atoms with Gasteiger partial charge in [-0.15, -0.1) is 0 Å². The van der Waals surface area contributed by atoms with Crippen LogP contribution >= 0.6 is 0 Å². The van der Waals surface area contributed by atoms with Crippen LogP contribution in [0.5, 0.6) is 0 Å². The van der Waals surface area contributed by atoms with E-state index in [9.17, 15) is 0 Å². The van der Waals surface area contributed by atoms with Crippen molar-refractivity contribution in [1.82, 2.24) is 20.6 Å². The fraction of sp³-hybridized carbons (Fsp3) is 0.368. The van der Waals surface area contributed by atoms with Crippen LogP contribution in [0, 0.1) is 20.8 Å². The number of hydrogen-bond acceptors (Lipinski definition) is 3. The van der Waals surface area contributed by atoms with Crippen molar-refractivity contribution in [3.8, 4) is 0 Å². The van der Waals surface area contributed by atoms with E-state index in [0.717, 1.165) is 30.4 Å². The maximum absolute atomic E-state index is 5.57. The summed E-state index contributed by atoms with van der Waals surface area (Å²) < 4.78 is 5.57. The Bertz CT molecular complexity index is 871. The molecule has 6 nitrogen and oxygen atoms in total. The summed E-state index contributed by atoms with van der Waals surface area (Å²) in [6, 6.07) is 6.50. The maximum atomic E-state index is 5.57. The van der Waals surface area contributed by atoms with Gasteiger partial charge in [0.05, 0.1) is 12.2 Å². The van der Waals surface area contributed by atoms with Crippen molar-refractivity contribution in [3.63, 3.8) is 0 Å². The SMILES string of the molecule is CN=C(NCCc1c[nH]c2cc(C)ccc12)NCc1nc(C)c(C)o1. The highest BCUT2D eigenvalue weighted by Crippen LogP contribution is 2.19. The zero-order chi connectivity index (χ0) is 17.8. The number of aliphatic imine (C=N–C) groups is 1. The van der Waals surface area contributed by atoms with Crippen molar-refractivity contribution in [2.24, 2.45) is 4.99 Å². The second-order valence-electron chi connectivity index (χ2n) is 6.21. The van der Waals surface area contributed by atoms with Crippen LogP contribution in [0.3, 0.4) is 0 Å². The van der Waals surface area contributed by atoms with Crippen molar-refractivity contribution in [2.45, 2.75) is 33.7 Å². The zero-order valence-electron chi connectivity index (χ0n) is 15.2. The van der Waals surface area contributed by atoms with E-state index in [0.29, 0.717) is 12.4 Å². The summed E-state index contributed by atoms with van der Waals surface area (Å²) in [6.07, 6.45) is 3.00. The van der Waals surface area contributed by atoms with Crippen molar-refractivity contribution in [1.29, 1.82) is 0 Å². The lowest BCUT2D eigenvalue weighted by Gasteiger charge is -2.10. The highest BCUT2D eigenvalue weighted by Gasteiger charge is 2.07. The monoisotopic (exact) mass is 339 g/mol. The minimum absolute atomic E-state index is 0.515.